The third-order valence-corrected chi connectivity index (χ3v) is 7.30. The fraction of sp³-hybridized carbons (Fsp3) is 0.300. The van der Waals surface area contributed by atoms with Gasteiger partial charge in [0, 0.05) is 19.2 Å². The molecule has 1 saturated heterocycles. The molecule has 2 N–H and O–H groups in total. The Balaban J connectivity index is 1.50. The Morgan fingerprint density at radius 2 is 1.91 bits per heavy atom. The number of hydrogen-bond acceptors (Lipinski definition) is 9. The zero-order valence-corrected chi connectivity index (χ0v) is 18.0. The van der Waals surface area contributed by atoms with E-state index in [1.165, 1.54) is 18.3 Å². The number of rotatable bonds is 7. The summed E-state index contributed by atoms with van der Waals surface area (Å²) in [6.07, 6.45) is 1.80. The van der Waals surface area contributed by atoms with E-state index in [-0.39, 0.29) is 43.3 Å². The molecular weight excluding hydrogens is 456 g/mol. The Morgan fingerprint density at radius 1 is 1.18 bits per heavy atom. The first-order valence-electron chi connectivity index (χ1n) is 9.96. The molecule has 0 aromatic heterocycles. The number of hydrazone groups is 1. The minimum absolute atomic E-state index is 0.0144. The van der Waals surface area contributed by atoms with Crippen molar-refractivity contribution >= 4 is 33.6 Å². The van der Waals surface area contributed by atoms with Gasteiger partial charge in [-0.1, -0.05) is 0 Å². The van der Waals surface area contributed by atoms with Gasteiger partial charge in [0.15, 0.2) is 11.5 Å². The van der Waals surface area contributed by atoms with Gasteiger partial charge >= 0.3 is 5.97 Å². The van der Waals surface area contributed by atoms with Crippen LogP contribution >= 0.6 is 0 Å². The van der Waals surface area contributed by atoms with Crippen LogP contribution in [-0.2, 0) is 14.8 Å². The summed E-state index contributed by atoms with van der Waals surface area (Å²) in [6.45, 7) is 0.201. The maximum absolute atomic E-state index is 12.9. The predicted molar refractivity (Wildman–Crippen MR) is 116 cm³/mol. The molecule has 2 aromatic carbocycles. The molecule has 2 heterocycles. The van der Waals surface area contributed by atoms with Gasteiger partial charge in [0.1, 0.15) is 5.69 Å². The van der Waals surface area contributed by atoms with E-state index < -0.39 is 32.5 Å². The molecule has 0 aliphatic carbocycles. The number of carbonyl (C=O) groups is 1. The highest BCUT2D eigenvalue weighted by molar-refractivity contribution is 7.89. The molecule has 2 aromatic rings. The zero-order valence-electron chi connectivity index (χ0n) is 17.2. The van der Waals surface area contributed by atoms with Gasteiger partial charge in [-0.25, -0.2) is 8.42 Å². The predicted octanol–water partition coefficient (Wildman–Crippen LogP) is 2.25. The number of carboxylic acid groups (broad SMARTS) is 1. The van der Waals surface area contributed by atoms with E-state index in [9.17, 15) is 23.3 Å². The van der Waals surface area contributed by atoms with E-state index in [1.54, 1.807) is 18.2 Å². The van der Waals surface area contributed by atoms with Crippen LogP contribution in [0.3, 0.4) is 0 Å². The highest BCUT2D eigenvalue weighted by Crippen LogP contribution is 2.33. The van der Waals surface area contributed by atoms with Crippen LogP contribution < -0.4 is 14.9 Å². The Morgan fingerprint density at radius 3 is 2.61 bits per heavy atom. The van der Waals surface area contributed by atoms with Crippen LogP contribution in [0.15, 0.2) is 46.4 Å². The summed E-state index contributed by atoms with van der Waals surface area (Å²) in [4.78, 5) is 21.7. The SMILES string of the molecule is O=C(O)C1CCN(S(=O)(=O)c2ccc(N/N=C\c3ccc4c(c3)OCO4)c([N+](=O)[O-])c2)CC1. The lowest BCUT2D eigenvalue weighted by Crippen LogP contribution is -2.40. The van der Waals surface area contributed by atoms with E-state index in [1.807, 2.05) is 0 Å². The maximum atomic E-state index is 12.9. The van der Waals surface area contributed by atoms with Crippen LogP contribution in [0, 0.1) is 16.0 Å². The standard InChI is InChI=1S/C20H20N4O8S/c25-20(26)14-5-7-23(8-6-14)33(29,30)15-2-3-16(17(10-15)24(27)28)22-21-11-13-1-4-18-19(9-13)32-12-31-18/h1-4,9-11,14,22H,5-8,12H2,(H,25,26)/b21-11-. The van der Waals surface area contributed by atoms with Gasteiger partial charge in [-0.2, -0.15) is 9.41 Å². The van der Waals surface area contributed by atoms with E-state index >= 15 is 0 Å². The summed E-state index contributed by atoms with van der Waals surface area (Å²) in [5.41, 5.74) is 2.79. The summed E-state index contributed by atoms with van der Waals surface area (Å²) >= 11 is 0. The molecular formula is C20H20N4O8S. The van der Waals surface area contributed by atoms with Crippen molar-refractivity contribution in [3.05, 3.63) is 52.1 Å². The topological polar surface area (TPSA) is 161 Å². The van der Waals surface area contributed by atoms with E-state index in [2.05, 4.69) is 10.5 Å². The number of carboxylic acids is 1. The average Bonchev–Trinajstić information content (AvgIpc) is 3.27. The lowest BCUT2D eigenvalue weighted by Gasteiger charge is -2.29. The molecule has 12 nitrogen and oxygen atoms in total. The summed E-state index contributed by atoms with van der Waals surface area (Å²) in [6, 6.07) is 8.64. The maximum Gasteiger partial charge on any atom is 0.306 e. The van der Waals surface area contributed by atoms with Crippen molar-refractivity contribution in [2.75, 3.05) is 25.3 Å². The summed E-state index contributed by atoms with van der Waals surface area (Å²) in [5, 5.41) is 24.6. The molecule has 174 valence electrons. The molecule has 0 spiro atoms. The van der Waals surface area contributed by atoms with Crippen LogP contribution in [0.2, 0.25) is 0 Å². The Bertz CT molecular complexity index is 1220. The normalized spacial score (nSPS) is 16.7. The molecule has 0 unspecified atom stereocenters. The second-order valence-electron chi connectivity index (χ2n) is 7.44. The lowest BCUT2D eigenvalue weighted by atomic mass is 9.99. The first kappa shape index (κ1) is 22.5. The largest absolute Gasteiger partial charge is 0.481 e. The van der Waals surface area contributed by atoms with Crippen LogP contribution in [-0.4, -0.2) is 54.8 Å². The number of benzene rings is 2. The minimum Gasteiger partial charge on any atom is -0.481 e. The van der Waals surface area contributed by atoms with Gasteiger partial charge in [0.05, 0.1) is 22.0 Å². The number of ether oxygens (including phenoxy) is 2. The molecule has 4 rings (SSSR count). The molecule has 0 amide bonds. The molecule has 2 aliphatic heterocycles. The molecule has 0 atom stereocenters. The number of sulfonamides is 1. The number of nitrogens with one attached hydrogen (secondary N) is 1. The highest BCUT2D eigenvalue weighted by Gasteiger charge is 2.33. The van der Waals surface area contributed by atoms with Gasteiger partial charge in [0.2, 0.25) is 16.8 Å². The number of piperidine rings is 1. The Labute approximate surface area is 188 Å². The zero-order chi connectivity index (χ0) is 23.6. The van der Waals surface area contributed by atoms with Gasteiger partial charge < -0.3 is 14.6 Å². The highest BCUT2D eigenvalue weighted by atomic mass is 32.2. The van der Waals surface area contributed by atoms with E-state index in [0.29, 0.717) is 17.1 Å². The average molecular weight is 476 g/mol. The van der Waals surface area contributed by atoms with Gasteiger partial charge in [0.25, 0.3) is 5.69 Å². The number of nitrogens with zero attached hydrogens (tertiary/aromatic N) is 3. The fourth-order valence-corrected chi connectivity index (χ4v) is 5.07. The first-order valence-corrected chi connectivity index (χ1v) is 11.4. The third kappa shape index (κ3) is 4.73. The van der Waals surface area contributed by atoms with Crippen molar-refractivity contribution in [2.24, 2.45) is 11.0 Å². The first-order chi connectivity index (χ1) is 15.8. The minimum atomic E-state index is -4.01. The molecule has 13 heteroatoms. The van der Waals surface area contributed by atoms with E-state index in [0.717, 1.165) is 10.4 Å². The number of hydrogen-bond donors (Lipinski definition) is 2. The number of nitro groups is 1. The van der Waals surface area contributed by atoms with E-state index in [4.69, 9.17) is 14.6 Å². The second kappa shape index (κ2) is 9.03. The quantitative estimate of drug-likeness (QED) is 0.347. The summed E-state index contributed by atoms with van der Waals surface area (Å²) in [7, 11) is -4.01. The van der Waals surface area contributed by atoms with Crippen LogP contribution in [0.5, 0.6) is 11.5 Å². The summed E-state index contributed by atoms with van der Waals surface area (Å²) in [5.74, 6) is -0.383. The molecule has 2 aliphatic rings. The molecule has 0 radical (unpaired) electrons. The Hall–Kier alpha value is -3.71. The fourth-order valence-electron chi connectivity index (χ4n) is 3.58. The van der Waals surface area contributed by atoms with Crippen LogP contribution in [0.25, 0.3) is 0 Å². The van der Waals surface area contributed by atoms with Crippen molar-refractivity contribution in [2.45, 2.75) is 17.7 Å². The monoisotopic (exact) mass is 476 g/mol. The van der Waals surface area contributed by atoms with Crippen LogP contribution in [0.1, 0.15) is 18.4 Å². The van der Waals surface area contributed by atoms with Crippen molar-refractivity contribution in [3.63, 3.8) is 0 Å². The van der Waals surface area contributed by atoms with Crippen molar-refractivity contribution in [3.8, 4) is 11.5 Å². The number of anilines is 1. The lowest BCUT2D eigenvalue weighted by molar-refractivity contribution is -0.384. The number of nitro benzene ring substituents is 1. The molecule has 0 bridgehead atoms. The number of fused-ring (bicyclic) bond motifs is 1. The third-order valence-electron chi connectivity index (χ3n) is 5.40. The van der Waals surface area contributed by atoms with Crippen molar-refractivity contribution in [1.29, 1.82) is 0 Å². The van der Waals surface area contributed by atoms with Crippen molar-refractivity contribution in [1.82, 2.24) is 4.31 Å². The van der Waals surface area contributed by atoms with Gasteiger partial charge in [-0.3, -0.25) is 20.3 Å². The molecule has 0 saturated carbocycles. The summed E-state index contributed by atoms with van der Waals surface area (Å²) < 4.78 is 37.5. The molecule has 1 fully saturated rings. The second-order valence-corrected chi connectivity index (χ2v) is 9.37. The Kier molecular flexibility index (Phi) is 6.16. The number of aliphatic carboxylic acids is 1. The van der Waals surface area contributed by atoms with Crippen LogP contribution in [0.4, 0.5) is 11.4 Å². The van der Waals surface area contributed by atoms with Gasteiger partial charge in [-0.15, -0.1) is 0 Å². The smallest absolute Gasteiger partial charge is 0.306 e. The molecule has 33 heavy (non-hydrogen) atoms. The van der Waals surface area contributed by atoms with Gasteiger partial charge in [-0.05, 0) is 48.7 Å². The van der Waals surface area contributed by atoms with Crippen molar-refractivity contribution < 1.29 is 32.7 Å².